The summed E-state index contributed by atoms with van der Waals surface area (Å²) in [7, 11) is 0. The van der Waals surface area contributed by atoms with Crippen molar-refractivity contribution in [2.75, 3.05) is 18.0 Å². The first-order valence-electron chi connectivity index (χ1n) is 6.36. The number of carboxylic acid groups (broad SMARTS) is 1. The summed E-state index contributed by atoms with van der Waals surface area (Å²) < 4.78 is 0. The smallest absolute Gasteiger partial charge is 0.335 e. The molecular weight excluding hydrogens is 214 g/mol. The molecule has 0 amide bonds. The Kier molecular flexibility index (Phi) is 5.53. The normalized spacial score (nSPS) is 14.8. The van der Waals surface area contributed by atoms with Gasteiger partial charge in [0, 0.05) is 18.8 Å². The van der Waals surface area contributed by atoms with Crippen LogP contribution in [0, 0.1) is 0 Å². The Morgan fingerprint density at radius 2 is 1.59 bits per heavy atom. The van der Waals surface area contributed by atoms with E-state index in [1.807, 2.05) is 26.0 Å². The van der Waals surface area contributed by atoms with Crippen molar-refractivity contribution in [1.82, 2.24) is 0 Å². The molecule has 3 nitrogen and oxygen atoms in total. The summed E-state index contributed by atoms with van der Waals surface area (Å²) >= 11 is 0. The van der Waals surface area contributed by atoms with Gasteiger partial charge in [-0.2, -0.15) is 0 Å². The maximum Gasteiger partial charge on any atom is 0.335 e. The third-order valence-corrected chi connectivity index (χ3v) is 2.84. The average molecular weight is 235 g/mol. The summed E-state index contributed by atoms with van der Waals surface area (Å²) in [5, 5.41) is 8.77. The maximum atomic E-state index is 10.7. The Hall–Kier alpha value is -1.51. The number of hydrogen-bond donors (Lipinski definition) is 1. The highest BCUT2D eigenvalue weighted by Crippen LogP contribution is 2.19. The zero-order valence-corrected chi connectivity index (χ0v) is 10.6. The van der Waals surface area contributed by atoms with Crippen LogP contribution < -0.4 is 4.90 Å². The fraction of sp³-hybridized carbons (Fsp3) is 0.500. The zero-order chi connectivity index (χ0) is 12.7. The highest BCUT2D eigenvalue weighted by Gasteiger charge is 2.11. The molecule has 0 unspecified atom stereocenters. The number of hydrogen-bond acceptors (Lipinski definition) is 2. The molecule has 0 atom stereocenters. The third-order valence-electron chi connectivity index (χ3n) is 2.84. The van der Waals surface area contributed by atoms with Crippen molar-refractivity contribution in [3.8, 4) is 0 Å². The first kappa shape index (κ1) is 13.6. The summed E-state index contributed by atoms with van der Waals surface area (Å²) in [6.45, 7) is 6.18. The van der Waals surface area contributed by atoms with Crippen LogP contribution in [0.3, 0.4) is 0 Å². The van der Waals surface area contributed by atoms with E-state index in [-0.39, 0.29) is 0 Å². The Bertz CT molecular complexity index is 340. The molecular formula is C14H21NO2. The number of aromatic carboxylic acids is 1. The summed E-state index contributed by atoms with van der Waals surface area (Å²) in [5.74, 6) is -0.861. The predicted octanol–water partition coefficient (Wildman–Crippen LogP) is 3.40. The first-order chi connectivity index (χ1) is 8.27. The number of piperidine rings is 1. The van der Waals surface area contributed by atoms with E-state index in [0.29, 0.717) is 5.56 Å². The van der Waals surface area contributed by atoms with Gasteiger partial charge in [-0.3, -0.25) is 0 Å². The Morgan fingerprint density at radius 1 is 1.06 bits per heavy atom. The van der Waals surface area contributed by atoms with Gasteiger partial charge in [0.1, 0.15) is 0 Å². The van der Waals surface area contributed by atoms with E-state index < -0.39 is 5.97 Å². The zero-order valence-electron chi connectivity index (χ0n) is 10.6. The van der Waals surface area contributed by atoms with Crippen LogP contribution in [0.25, 0.3) is 0 Å². The molecule has 0 aliphatic carbocycles. The fourth-order valence-electron chi connectivity index (χ4n) is 1.97. The topological polar surface area (TPSA) is 40.5 Å². The summed E-state index contributed by atoms with van der Waals surface area (Å²) in [6.07, 6.45) is 3.78. The van der Waals surface area contributed by atoms with Crippen molar-refractivity contribution in [2.45, 2.75) is 33.1 Å². The van der Waals surface area contributed by atoms with Gasteiger partial charge >= 0.3 is 5.97 Å². The standard InChI is InChI=1S/C12H15NO2.C2H6/c14-12(15)10-4-6-11(7-5-10)13-8-2-1-3-9-13;1-2/h4-7H,1-3,8-9H2,(H,14,15);1-2H3. The van der Waals surface area contributed by atoms with E-state index in [2.05, 4.69) is 4.90 Å². The van der Waals surface area contributed by atoms with Gasteiger partial charge in [0.25, 0.3) is 0 Å². The quantitative estimate of drug-likeness (QED) is 0.854. The number of carbonyl (C=O) groups is 1. The largest absolute Gasteiger partial charge is 0.478 e. The fourth-order valence-corrected chi connectivity index (χ4v) is 1.97. The number of anilines is 1. The molecule has 1 aromatic rings. The minimum atomic E-state index is -0.861. The van der Waals surface area contributed by atoms with E-state index >= 15 is 0 Å². The van der Waals surface area contributed by atoms with E-state index in [1.54, 1.807) is 12.1 Å². The Labute approximate surface area is 103 Å². The molecule has 0 aromatic heterocycles. The lowest BCUT2D eigenvalue weighted by Crippen LogP contribution is -2.29. The molecule has 1 N–H and O–H groups in total. The molecule has 17 heavy (non-hydrogen) atoms. The monoisotopic (exact) mass is 235 g/mol. The predicted molar refractivity (Wildman–Crippen MR) is 70.8 cm³/mol. The van der Waals surface area contributed by atoms with Crippen LogP contribution in [0.4, 0.5) is 5.69 Å². The van der Waals surface area contributed by atoms with Gasteiger partial charge in [0.2, 0.25) is 0 Å². The van der Waals surface area contributed by atoms with Crippen LogP contribution in [0.15, 0.2) is 24.3 Å². The SMILES string of the molecule is CC.O=C(O)c1ccc(N2CCCCC2)cc1. The molecule has 2 rings (SSSR count). The highest BCUT2D eigenvalue weighted by molar-refractivity contribution is 5.88. The van der Waals surface area contributed by atoms with Crippen molar-refractivity contribution in [3.63, 3.8) is 0 Å². The van der Waals surface area contributed by atoms with Crippen LogP contribution >= 0.6 is 0 Å². The van der Waals surface area contributed by atoms with Crippen LogP contribution in [0.2, 0.25) is 0 Å². The maximum absolute atomic E-state index is 10.7. The second kappa shape index (κ2) is 6.94. The van der Waals surface area contributed by atoms with Gasteiger partial charge in [0.15, 0.2) is 0 Å². The molecule has 1 heterocycles. The van der Waals surface area contributed by atoms with Gasteiger partial charge in [-0.25, -0.2) is 4.79 Å². The second-order valence-electron chi connectivity index (χ2n) is 3.90. The van der Waals surface area contributed by atoms with Gasteiger partial charge < -0.3 is 10.0 Å². The lowest BCUT2D eigenvalue weighted by Gasteiger charge is -2.28. The van der Waals surface area contributed by atoms with Crippen molar-refractivity contribution in [2.24, 2.45) is 0 Å². The molecule has 0 bridgehead atoms. The summed E-state index contributed by atoms with van der Waals surface area (Å²) in [4.78, 5) is 13.0. The van der Waals surface area contributed by atoms with Gasteiger partial charge in [-0.05, 0) is 43.5 Å². The Morgan fingerprint density at radius 3 is 2.06 bits per heavy atom. The van der Waals surface area contributed by atoms with Crippen LogP contribution in [-0.4, -0.2) is 24.2 Å². The van der Waals surface area contributed by atoms with Crippen molar-refractivity contribution < 1.29 is 9.90 Å². The van der Waals surface area contributed by atoms with Gasteiger partial charge in [-0.1, -0.05) is 13.8 Å². The van der Waals surface area contributed by atoms with Gasteiger partial charge in [-0.15, -0.1) is 0 Å². The number of carboxylic acids is 1. The number of rotatable bonds is 2. The van der Waals surface area contributed by atoms with Crippen LogP contribution in [0.5, 0.6) is 0 Å². The molecule has 0 spiro atoms. The molecule has 1 aliphatic heterocycles. The van der Waals surface area contributed by atoms with E-state index in [0.717, 1.165) is 18.8 Å². The third kappa shape index (κ3) is 3.77. The molecule has 0 radical (unpaired) electrons. The molecule has 3 heteroatoms. The molecule has 1 aromatic carbocycles. The number of nitrogens with zero attached hydrogens (tertiary/aromatic N) is 1. The molecule has 1 saturated heterocycles. The first-order valence-corrected chi connectivity index (χ1v) is 6.36. The number of benzene rings is 1. The van der Waals surface area contributed by atoms with E-state index in [4.69, 9.17) is 5.11 Å². The minimum absolute atomic E-state index is 0.357. The molecule has 0 saturated carbocycles. The lowest BCUT2D eigenvalue weighted by atomic mass is 10.1. The van der Waals surface area contributed by atoms with Crippen LogP contribution in [0.1, 0.15) is 43.5 Å². The van der Waals surface area contributed by atoms with Crippen molar-refractivity contribution in [1.29, 1.82) is 0 Å². The average Bonchev–Trinajstić information content (AvgIpc) is 2.42. The van der Waals surface area contributed by atoms with Crippen molar-refractivity contribution in [3.05, 3.63) is 29.8 Å². The van der Waals surface area contributed by atoms with Crippen LogP contribution in [-0.2, 0) is 0 Å². The van der Waals surface area contributed by atoms with E-state index in [9.17, 15) is 4.79 Å². The van der Waals surface area contributed by atoms with E-state index in [1.165, 1.54) is 19.3 Å². The minimum Gasteiger partial charge on any atom is -0.478 e. The lowest BCUT2D eigenvalue weighted by molar-refractivity contribution is 0.0697. The second-order valence-corrected chi connectivity index (χ2v) is 3.90. The highest BCUT2D eigenvalue weighted by atomic mass is 16.4. The molecule has 94 valence electrons. The van der Waals surface area contributed by atoms with Gasteiger partial charge in [0.05, 0.1) is 5.56 Å². The Balaban J connectivity index is 0.000000686. The van der Waals surface area contributed by atoms with Crippen molar-refractivity contribution >= 4 is 11.7 Å². The summed E-state index contributed by atoms with van der Waals surface area (Å²) in [5.41, 5.74) is 1.50. The summed E-state index contributed by atoms with van der Waals surface area (Å²) in [6, 6.07) is 7.14. The molecule has 1 fully saturated rings. The molecule has 1 aliphatic rings.